The molecule has 1 N–H and O–H groups in total. The molecule has 2 nitrogen and oxygen atoms in total. The lowest BCUT2D eigenvalue weighted by molar-refractivity contribution is 0.220. The summed E-state index contributed by atoms with van der Waals surface area (Å²) in [6.45, 7) is 3.99. The molecule has 17 heavy (non-hydrogen) atoms. The van der Waals surface area contributed by atoms with E-state index in [0.29, 0.717) is 0 Å². The molecule has 0 aliphatic heterocycles. The van der Waals surface area contributed by atoms with Gasteiger partial charge in [0.25, 0.3) is 0 Å². The Morgan fingerprint density at radius 1 is 1.18 bits per heavy atom. The Kier molecular flexibility index (Phi) is 3.50. The SMILES string of the molecule is COc1c(C)cc([C@H](O)c2ccsc2)cc1C. The van der Waals surface area contributed by atoms with E-state index in [1.165, 1.54) is 0 Å². The van der Waals surface area contributed by atoms with E-state index >= 15 is 0 Å². The standard InChI is InChI=1S/C14H16O2S/c1-9-6-12(7-10(2)14(9)16-3)13(15)11-4-5-17-8-11/h4-8,13,15H,1-3H3/t13-/m1/s1. The van der Waals surface area contributed by atoms with E-state index in [1.54, 1.807) is 18.4 Å². The van der Waals surface area contributed by atoms with Gasteiger partial charge in [-0.25, -0.2) is 0 Å². The van der Waals surface area contributed by atoms with Crippen molar-refractivity contribution < 1.29 is 9.84 Å². The van der Waals surface area contributed by atoms with Crippen LogP contribution in [0.2, 0.25) is 0 Å². The van der Waals surface area contributed by atoms with Crippen molar-refractivity contribution in [2.75, 3.05) is 7.11 Å². The molecule has 0 saturated heterocycles. The highest BCUT2D eigenvalue weighted by molar-refractivity contribution is 7.07. The van der Waals surface area contributed by atoms with Gasteiger partial charge in [0, 0.05) is 0 Å². The summed E-state index contributed by atoms with van der Waals surface area (Å²) in [4.78, 5) is 0. The van der Waals surface area contributed by atoms with Crippen LogP contribution in [0.4, 0.5) is 0 Å². The maximum Gasteiger partial charge on any atom is 0.124 e. The Hall–Kier alpha value is -1.32. The molecule has 0 saturated carbocycles. The van der Waals surface area contributed by atoms with Crippen molar-refractivity contribution in [3.63, 3.8) is 0 Å². The largest absolute Gasteiger partial charge is 0.496 e. The van der Waals surface area contributed by atoms with Crippen molar-refractivity contribution in [1.29, 1.82) is 0 Å². The number of benzene rings is 1. The topological polar surface area (TPSA) is 29.5 Å². The quantitative estimate of drug-likeness (QED) is 0.901. The van der Waals surface area contributed by atoms with Gasteiger partial charge in [0.2, 0.25) is 0 Å². The minimum atomic E-state index is -0.551. The number of aryl methyl sites for hydroxylation is 2. The smallest absolute Gasteiger partial charge is 0.124 e. The zero-order valence-corrected chi connectivity index (χ0v) is 11.0. The summed E-state index contributed by atoms with van der Waals surface area (Å²) in [5.41, 5.74) is 3.96. The third-order valence-electron chi connectivity index (χ3n) is 2.86. The van der Waals surface area contributed by atoms with Crippen LogP contribution in [0.25, 0.3) is 0 Å². The molecule has 90 valence electrons. The maximum atomic E-state index is 10.3. The lowest BCUT2D eigenvalue weighted by Crippen LogP contribution is -2.01. The molecule has 1 atom stereocenters. The highest BCUT2D eigenvalue weighted by Crippen LogP contribution is 2.30. The van der Waals surface area contributed by atoms with E-state index in [9.17, 15) is 5.11 Å². The molecule has 3 heteroatoms. The van der Waals surface area contributed by atoms with Crippen molar-refractivity contribution in [3.05, 3.63) is 51.2 Å². The van der Waals surface area contributed by atoms with Gasteiger partial charge >= 0.3 is 0 Å². The predicted octanol–water partition coefficient (Wildman–Crippen LogP) is 3.46. The number of methoxy groups -OCH3 is 1. The summed E-state index contributed by atoms with van der Waals surface area (Å²) in [5.74, 6) is 0.895. The maximum absolute atomic E-state index is 10.3. The van der Waals surface area contributed by atoms with Gasteiger partial charge in [-0.15, -0.1) is 0 Å². The van der Waals surface area contributed by atoms with Crippen molar-refractivity contribution in [3.8, 4) is 5.75 Å². The summed E-state index contributed by atoms with van der Waals surface area (Å²) < 4.78 is 5.32. The Bertz CT molecular complexity index is 480. The zero-order valence-electron chi connectivity index (χ0n) is 10.2. The third-order valence-corrected chi connectivity index (χ3v) is 3.56. The lowest BCUT2D eigenvalue weighted by Gasteiger charge is -2.14. The van der Waals surface area contributed by atoms with Crippen LogP contribution < -0.4 is 4.74 Å². The first-order chi connectivity index (χ1) is 8.13. The summed E-state index contributed by atoms with van der Waals surface area (Å²) in [5, 5.41) is 14.2. The molecule has 0 radical (unpaired) electrons. The van der Waals surface area contributed by atoms with Gasteiger partial charge in [-0.05, 0) is 65.1 Å². The first kappa shape index (κ1) is 12.1. The fourth-order valence-corrected chi connectivity index (χ4v) is 2.77. The molecular formula is C14H16O2S. The van der Waals surface area contributed by atoms with Crippen molar-refractivity contribution in [2.45, 2.75) is 20.0 Å². The van der Waals surface area contributed by atoms with Crippen LogP contribution in [-0.4, -0.2) is 12.2 Å². The first-order valence-electron chi connectivity index (χ1n) is 5.48. The van der Waals surface area contributed by atoms with Crippen LogP contribution in [0, 0.1) is 13.8 Å². The second-order valence-corrected chi connectivity index (χ2v) is 4.93. The molecule has 0 spiro atoms. The van der Waals surface area contributed by atoms with Crippen molar-refractivity contribution in [1.82, 2.24) is 0 Å². The number of thiophene rings is 1. The Balaban J connectivity index is 2.40. The summed E-state index contributed by atoms with van der Waals surface area (Å²) >= 11 is 1.59. The van der Waals surface area contributed by atoms with Crippen LogP contribution in [0.1, 0.15) is 28.4 Å². The second kappa shape index (κ2) is 4.90. The first-order valence-corrected chi connectivity index (χ1v) is 6.43. The average molecular weight is 248 g/mol. The molecule has 0 bridgehead atoms. The predicted molar refractivity (Wildman–Crippen MR) is 70.8 cm³/mol. The molecule has 2 aromatic rings. The number of hydrogen-bond acceptors (Lipinski definition) is 3. The average Bonchev–Trinajstić information content (AvgIpc) is 2.81. The van der Waals surface area contributed by atoms with Crippen LogP contribution in [-0.2, 0) is 0 Å². The highest BCUT2D eigenvalue weighted by atomic mass is 32.1. The zero-order chi connectivity index (χ0) is 12.4. The van der Waals surface area contributed by atoms with E-state index in [0.717, 1.165) is 28.0 Å². The minimum absolute atomic E-state index is 0.551. The van der Waals surface area contributed by atoms with E-state index < -0.39 is 6.10 Å². The van der Waals surface area contributed by atoms with Gasteiger partial charge in [-0.3, -0.25) is 0 Å². The van der Waals surface area contributed by atoms with Gasteiger partial charge in [-0.2, -0.15) is 11.3 Å². The lowest BCUT2D eigenvalue weighted by atomic mass is 9.99. The Labute approximate surface area is 105 Å². The molecule has 0 aliphatic rings. The van der Waals surface area contributed by atoms with Crippen LogP contribution in [0.15, 0.2) is 29.0 Å². The van der Waals surface area contributed by atoms with Crippen molar-refractivity contribution in [2.24, 2.45) is 0 Å². The highest BCUT2D eigenvalue weighted by Gasteiger charge is 2.14. The molecule has 1 aromatic heterocycles. The summed E-state index contributed by atoms with van der Waals surface area (Å²) in [7, 11) is 1.67. The summed E-state index contributed by atoms with van der Waals surface area (Å²) in [6, 6.07) is 5.91. The van der Waals surface area contributed by atoms with E-state index in [4.69, 9.17) is 4.74 Å². The number of aliphatic hydroxyl groups is 1. The second-order valence-electron chi connectivity index (χ2n) is 4.15. The van der Waals surface area contributed by atoms with E-state index in [-0.39, 0.29) is 0 Å². The van der Waals surface area contributed by atoms with Crippen LogP contribution >= 0.6 is 11.3 Å². The molecule has 0 fully saturated rings. The number of rotatable bonds is 3. The van der Waals surface area contributed by atoms with E-state index in [1.807, 2.05) is 42.8 Å². The van der Waals surface area contributed by atoms with Gasteiger partial charge in [0.1, 0.15) is 11.9 Å². The van der Waals surface area contributed by atoms with E-state index in [2.05, 4.69) is 0 Å². The molecule has 0 aliphatic carbocycles. The van der Waals surface area contributed by atoms with Crippen LogP contribution in [0.3, 0.4) is 0 Å². The van der Waals surface area contributed by atoms with Crippen LogP contribution in [0.5, 0.6) is 5.75 Å². The summed E-state index contributed by atoms with van der Waals surface area (Å²) in [6.07, 6.45) is -0.551. The molecule has 2 rings (SSSR count). The monoisotopic (exact) mass is 248 g/mol. The fraction of sp³-hybridized carbons (Fsp3) is 0.286. The number of ether oxygens (including phenoxy) is 1. The normalized spacial score (nSPS) is 12.5. The van der Waals surface area contributed by atoms with Gasteiger partial charge < -0.3 is 9.84 Å². The molecule has 1 aromatic carbocycles. The van der Waals surface area contributed by atoms with Gasteiger partial charge in [0.15, 0.2) is 0 Å². The van der Waals surface area contributed by atoms with Gasteiger partial charge in [-0.1, -0.05) is 0 Å². The molecule has 1 heterocycles. The molecule has 0 unspecified atom stereocenters. The Morgan fingerprint density at radius 2 is 1.82 bits per heavy atom. The van der Waals surface area contributed by atoms with Gasteiger partial charge in [0.05, 0.1) is 7.11 Å². The Morgan fingerprint density at radius 3 is 2.29 bits per heavy atom. The number of aliphatic hydroxyl groups excluding tert-OH is 1. The number of hydrogen-bond donors (Lipinski definition) is 1. The van der Waals surface area contributed by atoms with Crippen molar-refractivity contribution >= 4 is 11.3 Å². The minimum Gasteiger partial charge on any atom is -0.496 e. The fourth-order valence-electron chi connectivity index (χ4n) is 2.09. The third kappa shape index (κ3) is 2.35. The molecular weight excluding hydrogens is 232 g/mol. The molecule has 0 amide bonds.